The molecule has 0 spiro atoms. The molecule has 0 aliphatic heterocycles. The van der Waals surface area contributed by atoms with Gasteiger partial charge in [0.15, 0.2) is 8.32 Å². The summed E-state index contributed by atoms with van der Waals surface area (Å²) in [5, 5.41) is 13.9. The summed E-state index contributed by atoms with van der Waals surface area (Å²) in [5.74, 6) is -0.886. The molecule has 0 aliphatic carbocycles. The average Bonchev–Trinajstić information content (AvgIpc) is 2.67. The van der Waals surface area contributed by atoms with Crippen molar-refractivity contribution in [2.45, 2.75) is 64.9 Å². The van der Waals surface area contributed by atoms with Gasteiger partial charge in [0.1, 0.15) is 11.6 Å². The fourth-order valence-corrected chi connectivity index (χ4v) is 4.26. The first-order valence-electron chi connectivity index (χ1n) is 10.7. The van der Waals surface area contributed by atoms with Crippen molar-refractivity contribution in [1.82, 2.24) is 0 Å². The molecule has 0 aliphatic rings. The first-order valence-corrected chi connectivity index (χ1v) is 14.0. The van der Waals surface area contributed by atoms with E-state index in [1.807, 2.05) is 0 Å². The van der Waals surface area contributed by atoms with Crippen LogP contribution in [-0.4, -0.2) is 32.2 Å². The Morgan fingerprint density at radius 1 is 1.19 bits per heavy atom. The van der Waals surface area contributed by atoms with Gasteiger partial charge in [-0.15, -0.1) is 0 Å². The molecule has 0 aromatic heterocycles. The maximum Gasteiger partial charge on any atom is 0.192 e. The van der Waals surface area contributed by atoms with Crippen LogP contribution in [0.25, 0.3) is 11.6 Å². The maximum absolute atomic E-state index is 14.7. The predicted molar refractivity (Wildman–Crippen MR) is 134 cm³/mol. The first-order chi connectivity index (χ1) is 14.7. The van der Waals surface area contributed by atoms with Gasteiger partial charge in [0.2, 0.25) is 0 Å². The van der Waals surface area contributed by atoms with Crippen LogP contribution in [-0.2, 0) is 4.43 Å². The number of aliphatic hydroxyl groups excluding tert-OH is 1. The SMILES string of the molecule is C/C(=C\c1ccc(N[C@H](C)[C@@H](O)CO[Si](C)(C)C(C)(C)C)c(F)c1)c1c(F)cccc1Cl. The van der Waals surface area contributed by atoms with Crippen LogP contribution in [0.3, 0.4) is 0 Å². The van der Waals surface area contributed by atoms with Crippen molar-refractivity contribution in [3.05, 3.63) is 64.2 Å². The minimum absolute atomic E-state index is 0.0455. The van der Waals surface area contributed by atoms with E-state index in [-0.39, 0.29) is 17.3 Å². The van der Waals surface area contributed by atoms with Gasteiger partial charge >= 0.3 is 0 Å². The van der Waals surface area contributed by atoms with E-state index in [2.05, 4.69) is 39.2 Å². The van der Waals surface area contributed by atoms with Crippen LogP contribution in [0, 0.1) is 11.6 Å². The summed E-state index contributed by atoms with van der Waals surface area (Å²) in [5.41, 5.74) is 1.76. The van der Waals surface area contributed by atoms with Crippen LogP contribution in [0.5, 0.6) is 0 Å². The largest absolute Gasteiger partial charge is 0.414 e. The summed E-state index contributed by atoms with van der Waals surface area (Å²) < 4.78 is 34.9. The molecule has 176 valence electrons. The lowest BCUT2D eigenvalue weighted by Crippen LogP contribution is -2.45. The zero-order chi connectivity index (χ0) is 24.3. The Kier molecular flexibility index (Phi) is 8.67. The third-order valence-electron chi connectivity index (χ3n) is 6.11. The molecule has 0 bridgehead atoms. The highest BCUT2D eigenvalue weighted by Gasteiger charge is 2.37. The molecule has 0 amide bonds. The second kappa shape index (κ2) is 10.5. The van der Waals surface area contributed by atoms with Crippen LogP contribution in [0.4, 0.5) is 14.5 Å². The molecule has 32 heavy (non-hydrogen) atoms. The van der Waals surface area contributed by atoms with Crippen molar-refractivity contribution >= 4 is 37.3 Å². The quantitative estimate of drug-likeness (QED) is 0.305. The Balaban J connectivity index is 2.09. The molecule has 2 atom stereocenters. The third-order valence-corrected chi connectivity index (χ3v) is 10.9. The topological polar surface area (TPSA) is 41.5 Å². The minimum atomic E-state index is -1.98. The molecule has 0 heterocycles. The average molecular weight is 482 g/mol. The summed E-state index contributed by atoms with van der Waals surface area (Å²) >= 11 is 6.12. The van der Waals surface area contributed by atoms with E-state index in [0.717, 1.165) is 0 Å². The van der Waals surface area contributed by atoms with Crippen molar-refractivity contribution in [1.29, 1.82) is 0 Å². The maximum atomic E-state index is 14.7. The van der Waals surface area contributed by atoms with Crippen LogP contribution in [0.1, 0.15) is 45.7 Å². The van der Waals surface area contributed by atoms with Gasteiger partial charge in [-0.2, -0.15) is 0 Å². The summed E-state index contributed by atoms with van der Waals surface area (Å²) in [6, 6.07) is 8.80. The molecule has 2 rings (SSSR count). The van der Waals surface area contributed by atoms with Crippen LogP contribution in [0.2, 0.25) is 23.2 Å². The molecular formula is C25H34ClF2NO2Si. The van der Waals surface area contributed by atoms with E-state index in [1.54, 1.807) is 44.2 Å². The van der Waals surface area contributed by atoms with Crippen LogP contribution >= 0.6 is 11.6 Å². The Morgan fingerprint density at radius 2 is 1.84 bits per heavy atom. The fraction of sp³-hybridized carbons (Fsp3) is 0.440. The van der Waals surface area contributed by atoms with Crippen molar-refractivity contribution in [3.8, 4) is 0 Å². The minimum Gasteiger partial charge on any atom is -0.414 e. The Morgan fingerprint density at radius 3 is 2.41 bits per heavy atom. The van der Waals surface area contributed by atoms with Crippen LogP contribution in [0.15, 0.2) is 36.4 Å². The first kappa shape index (κ1) is 26.5. The van der Waals surface area contributed by atoms with E-state index >= 15 is 0 Å². The normalized spacial score (nSPS) is 14.9. The smallest absolute Gasteiger partial charge is 0.192 e. The summed E-state index contributed by atoms with van der Waals surface area (Å²) in [4.78, 5) is 0. The van der Waals surface area contributed by atoms with E-state index in [9.17, 15) is 13.9 Å². The summed E-state index contributed by atoms with van der Waals surface area (Å²) in [6.45, 7) is 14.4. The second-order valence-corrected chi connectivity index (χ2v) is 15.0. The number of rotatable bonds is 8. The highest BCUT2D eigenvalue weighted by atomic mass is 35.5. The Hall–Kier alpha value is -1.73. The molecule has 7 heteroatoms. The van der Waals surface area contributed by atoms with E-state index in [1.165, 1.54) is 12.1 Å². The third kappa shape index (κ3) is 6.64. The van der Waals surface area contributed by atoms with E-state index < -0.39 is 32.1 Å². The molecule has 0 unspecified atom stereocenters. The number of anilines is 1. The van der Waals surface area contributed by atoms with Gasteiger partial charge in [0, 0.05) is 5.56 Å². The standard InChI is InChI=1S/C25H34ClF2NO2Si/c1-16(24-19(26)9-8-10-20(24)27)13-18-11-12-22(21(28)14-18)29-17(2)23(30)15-31-32(6,7)25(3,4)5/h8-14,17,23,29-30H,15H2,1-7H3/b16-13+/t17-,23+/m1/s1. The van der Waals surface area contributed by atoms with Crippen molar-refractivity contribution in [3.63, 3.8) is 0 Å². The lowest BCUT2D eigenvalue weighted by molar-refractivity contribution is 0.0883. The molecule has 2 aromatic carbocycles. The highest BCUT2D eigenvalue weighted by Crippen LogP contribution is 2.36. The molecule has 0 saturated heterocycles. The Labute approximate surface area is 196 Å². The number of benzene rings is 2. The monoisotopic (exact) mass is 481 g/mol. The number of hydrogen-bond donors (Lipinski definition) is 2. The van der Waals surface area contributed by atoms with Crippen molar-refractivity contribution < 1.29 is 18.3 Å². The van der Waals surface area contributed by atoms with Crippen molar-refractivity contribution in [2.75, 3.05) is 11.9 Å². The number of nitrogens with one attached hydrogen (secondary N) is 1. The zero-order valence-electron chi connectivity index (χ0n) is 19.9. The lowest BCUT2D eigenvalue weighted by atomic mass is 10.0. The van der Waals surface area contributed by atoms with E-state index in [4.69, 9.17) is 16.0 Å². The molecule has 3 nitrogen and oxygen atoms in total. The number of allylic oxidation sites excluding steroid dienone is 1. The molecule has 2 aromatic rings. The number of hydrogen-bond acceptors (Lipinski definition) is 3. The molecule has 0 saturated carbocycles. The molecular weight excluding hydrogens is 448 g/mol. The summed E-state index contributed by atoms with van der Waals surface area (Å²) in [6.07, 6.45) is 0.899. The van der Waals surface area contributed by atoms with Crippen molar-refractivity contribution in [2.24, 2.45) is 0 Å². The van der Waals surface area contributed by atoms with Gasteiger partial charge in [-0.1, -0.05) is 50.6 Å². The van der Waals surface area contributed by atoms with Gasteiger partial charge in [-0.3, -0.25) is 0 Å². The van der Waals surface area contributed by atoms with Crippen LogP contribution < -0.4 is 5.32 Å². The van der Waals surface area contributed by atoms with Gasteiger partial charge in [0.25, 0.3) is 0 Å². The second-order valence-electron chi connectivity index (χ2n) is 9.73. The predicted octanol–water partition coefficient (Wildman–Crippen LogP) is 7.36. The zero-order valence-corrected chi connectivity index (χ0v) is 21.6. The van der Waals surface area contributed by atoms with Gasteiger partial charge < -0.3 is 14.8 Å². The summed E-state index contributed by atoms with van der Waals surface area (Å²) in [7, 11) is -1.98. The number of aliphatic hydroxyl groups is 1. The number of halogens is 3. The van der Waals surface area contributed by atoms with Gasteiger partial charge in [0.05, 0.1) is 29.5 Å². The van der Waals surface area contributed by atoms with Gasteiger partial charge in [-0.25, -0.2) is 8.78 Å². The Bertz CT molecular complexity index is 953. The fourth-order valence-electron chi connectivity index (χ4n) is 2.93. The van der Waals surface area contributed by atoms with E-state index in [0.29, 0.717) is 21.7 Å². The molecule has 0 fully saturated rings. The highest BCUT2D eigenvalue weighted by molar-refractivity contribution is 6.74. The lowest BCUT2D eigenvalue weighted by Gasteiger charge is -2.37. The molecule has 2 N–H and O–H groups in total. The van der Waals surface area contributed by atoms with Gasteiger partial charge in [-0.05, 0) is 67.4 Å². The molecule has 0 radical (unpaired) electrons.